The molecule has 0 aliphatic heterocycles. The molecule has 2 N–H and O–H groups in total. The summed E-state index contributed by atoms with van der Waals surface area (Å²) in [6.07, 6.45) is 1.42. The summed E-state index contributed by atoms with van der Waals surface area (Å²) in [6, 6.07) is 8.08. The quantitative estimate of drug-likeness (QED) is 0.762. The van der Waals surface area contributed by atoms with Gasteiger partial charge in [0, 0.05) is 29.2 Å². The zero-order valence-corrected chi connectivity index (χ0v) is 12.8. The first-order chi connectivity index (χ1) is 10.4. The summed E-state index contributed by atoms with van der Waals surface area (Å²) in [5.74, 6) is 0. The van der Waals surface area contributed by atoms with Crippen molar-refractivity contribution >= 4 is 26.6 Å². The second kappa shape index (κ2) is 4.99. The molecule has 2 heterocycles. The molecule has 3 aromatic rings. The van der Waals surface area contributed by atoms with Crippen molar-refractivity contribution in [2.24, 2.45) is 7.05 Å². The molecule has 0 bridgehead atoms. The average Bonchev–Trinajstić information content (AvgIpc) is 2.87. The molecule has 22 heavy (non-hydrogen) atoms. The van der Waals surface area contributed by atoms with E-state index in [1.165, 1.54) is 16.9 Å². The molecule has 0 aliphatic rings. The maximum Gasteiger partial charge on any atom is 0.279 e. The third-order valence-corrected chi connectivity index (χ3v) is 4.79. The van der Waals surface area contributed by atoms with Gasteiger partial charge >= 0.3 is 0 Å². The summed E-state index contributed by atoms with van der Waals surface area (Å²) < 4.78 is 28.4. The van der Waals surface area contributed by atoms with Crippen LogP contribution in [0.5, 0.6) is 0 Å². The van der Waals surface area contributed by atoms with E-state index < -0.39 is 10.0 Å². The monoisotopic (exact) mass is 318 g/mol. The first kappa shape index (κ1) is 14.3. The van der Waals surface area contributed by atoms with Gasteiger partial charge in [-0.1, -0.05) is 0 Å². The normalized spacial score (nSPS) is 11.7. The highest BCUT2D eigenvalue weighted by Gasteiger charge is 2.18. The van der Waals surface area contributed by atoms with Crippen LogP contribution < -0.4 is 10.3 Å². The molecule has 0 radical (unpaired) electrons. The molecule has 7 nitrogen and oxygen atoms in total. The van der Waals surface area contributed by atoms with Gasteiger partial charge < -0.3 is 4.98 Å². The molecule has 1 aromatic carbocycles. The fraction of sp³-hybridized carbons (Fsp3) is 0.143. The number of aromatic amines is 1. The maximum atomic E-state index is 12.3. The van der Waals surface area contributed by atoms with Gasteiger partial charge in [-0.05, 0) is 37.3 Å². The van der Waals surface area contributed by atoms with Crippen molar-refractivity contribution in [3.63, 3.8) is 0 Å². The molecule has 0 unspecified atom stereocenters. The topological polar surface area (TPSA) is 96.8 Å². The molecule has 0 atom stereocenters. The van der Waals surface area contributed by atoms with Crippen LogP contribution in [0.1, 0.15) is 5.56 Å². The number of sulfonamides is 1. The average molecular weight is 318 g/mol. The Morgan fingerprint density at radius 3 is 2.68 bits per heavy atom. The first-order valence-corrected chi connectivity index (χ1v) is 8.00. The van der Waals surface area contributed by atoms with Crippen molar-refractivity contribution in [2.75, 3.05) is 4.72 Å². The summed E-state index contributed by atoms with van der Waals surface area (Å²) in [6.45, 7) is 1.70. The molecule has 2 aromatic heterocycles. The number of aryl methyl sites for hydroxylation is 2. The van der Waals surface area contributed by atoms with Crippen LogP contribution in [-0.2, 0) is 17.1 Å². The van der Waals surface area contributed by atoms with E-state index in [9.17, 15) is 13.2 Å². The van der Waals surface area contributed by atoms with Gasteiger partial charge in [-0.3, -0.25) is 14.2 Å². The van der Waals surface area contributed by atoms with Crippen LogP contribution >= 0.6 is 0 Å². The second-order valence-corrected chi connectivity index (χ2v) is 6.61. The SMILES string of the molecule is Cc1cc2cc(NS(=O)(=O)c3ccnn3C)ccc2[nH]c1=O. The third kappa shape index (κ3) is 2.48. The zero-order valence-electron chi connectivity index (χ0n) is 12.0. The molecule has 8 heteroatoms. The Morgan fingerprint density at radius 1 is 1.23 bits per heavy atom. The van der Waals surface area contributed by atoms with E-state index in [1.54, 1.807) is 38.2 Å². The number of H-pyrrole nitrogens is 1. The lowest BCUT2D eigenvalue weighted by Gasteiger charge is -2.09. The molecule has 0 saturated carbocycles. The number of aromatic nitrogens is 3. The number of benzene rings is 1. The van der Waals surface area contributed by atoms with Gasteiger partial charge in [0.25, 0.3) is 15.6 Å². The van der Waals surface area contributed by atoms with Gasteiger partial charge in [0.2, 0.25) is 0 Å². The van der Waals surface area contributed by atoms with Gasteiger partial charge in [0.1, 0.15) is 0 Å². The minimum atomic E-state index is -3.71. The van der Waals surface area contributed by atoms with Crippen LogP contribution in [0.2, 0.25) is 0 Å². The third-order valence-electron chi connectivity index (χ3n) is 3.33. The van der Waals surface area contributed by atoms with Crippen molar-refractivity contribution in [1.29, 1.82) is 0 Å². The van der Waals surface area contributed by atoms with Crippen molar-refractivity contribution in [2.45, 2.75) is 11.9 Å². The van der Waals surface area contributed by atoms with Crippen LogP contribution in [0.4, 0.5) is 5.69 Å². The van der Waals surface area contributed by atoms with Crippen molar-refractivity contribution < 1.29 is 8.42 Å². The molecule has 0 spiro atoms. The number of fused-ring (bicyclic) bond motifs is 1. The lowest BCUT2D eigenvalue weighted by Crippen LogP contribution is -2.16. The van der Waals surface area contributed by atoms with Gasteiger partial charge in [-0.15, -0.1) is 0 Å². The number of hydrogen-bond donors (Lipinski definition) is 2. The predicted molar refractivity (Wildman–Crippen MR) is 83.3 cm³/mol. The highest BCUT2D eigenvalue weighted by molar-refractivity contribution is 7.92. The number of anilines is 1. The Balaban J connectivity index is 2.03. The van der Waals surface area contributed by atoms with Crippen LogP contribution in [0.15, 0.2) is 46.3 Å². The van der Waals surface area contributed by atoms with Crippen molar-refractivity contribution in [3.8, 4) is 0 Å². The highest BCUT2D eigenvalue weighted by atomic mass is 32.2. The van der Waals surface area contributed by atoms with Gasteiger partial charge in [0.15, 0.2) is 5.03 Å². The summed E-state index contributed by atoms with van der Waals surface area (Å²) in [5, 5.41) is 4.68. The summed E-state index contributed by atoms with van der Waals surface area (Å²) in [5.41, 5.74) is 1.48. The van der Waals surface area contributed by atoms with Gasteiger partial charge in [-0.25, -0.2) is 0 Å². The van der Waals surface area contributed by atoms with E-state index in [4.69, 9.17) is 0 Å². The van der Waals surface area contributed by atoms with Crippen LogP contribution in [0.25, 0.3) is 10.9 Å². The van der Waals surface area contributed by atoms with E-state index in [0.717, 1.165) is 5.39 Å². The fourth-order valence-electron chi connectivity index (χ4n) is 2.21. The van der Waals surface area contributed by atoms with Crippen LogP contribution in [0, 0.1) is 6.92 Å². The minimum Gasteiger partial charge on any atom is -0.322 e. The van der Waals surface area contributed by atoms with Crippen molar-refractivity contribution in [3.05, 3.63) is 52.4 Å². The lowest BCUT2D eigenvalue weighted by atomic mass is 10.1. The number of nitrogens with one attached hydrogen (secondary N) is 2. The minimum absolute atomic E-state index is 0.0743. The molecule has 0 amide bonds. The van der Waals surface area contributed by atoms with Gasteiger partial charge in [0.05, 0.1) is 6.20 Å². The Kier molecular flexibility index (Phi) is 3.25. The largest absolute Gasteiger partial charge is 0.322 e. The van der Waals surface area contributed by atoms with Crippen LogP contribution in [0.3, 0.4) is 0 Å². The molecular weight excluding hydrogens is 304 g/mol. The number of pyridine rings is 1. The predicted octanol–water partition coefficient (Wildman–Crippen LogP) is 1.37. The highest BCUT2D eigenvalue weighted by Crippen LogP contribution is 2.20. The van der Waals surface area contributed by atoms with E-state index >= 15 is 0 Å². The summed E-state index contributed by atoms with van der Waals surface area (Å²) in [7, 11) is -2.15. The molecule has 114 valence electrons. The van der Waals surface area contributed by atoms with E-state index in [0.29, 0.717) is 16.8 Å². The summed E-state index contributed by atoms with van der Waals surface area (Å²) >= 11 is 0. The number of rotatable bonds is 3. The molecule has 0 fully saturated rings. The standard InChI is InChI=1S/C14H14N4O3S/c1-9-7-10-8-11(3-4-12(10)16-14(9)19)17-22(20,21)13-5-6-15-18(13)2/h3-8,17H,1-2H3,(H,16,19). The Morgan fingerprint density at radius 2 is 2.00 bits per heavy atom. The Bertz CT molecular complexity index is 1020. The Labute approximate surface area is 126 Å². The Hall–Kier alpha value is -2.61. The smallest absolute Gasteiger partial charge is 0.279 e. The van der Waals surface area contributed by atoms with Crippen LogP contribution in [-0.4, -0.2) is 23.2 Å². The fourth-order valence-corrected chi connectivity index (χ4v) is 3.39. The van der Waals surface area contributed by atoms with E-state index in [2.05, 4.69) is 14.8 Å². The second-order valence-electron chi connectivity index (χ2n) is 4.98. The number of nitrogens with zero attached hydrogens (tertiary/aromatic N) is 2. The number of hydrogen-bond acceptors (Lipinski definition) is 4. The van der Waals surface area contributed by atoms with E-state index in [1.807, 2.05) is 0 Å². The molecular formula is C14H14N4O3S. The van der Waals surface area contributed by atoms with E-state index in [-0.39, 0.29) is 10.6 Å². The lowest BCUT2D eigenvalue weighted by molar-refractivity contribution is 0.582. The molecule has 3 rings (SSSR count). The molecule has 0 saturated heterocycles. The maximum absolute atomic E-state index is 12.3. The first-order valence-electron chi connectivity index (χ1n) is 6.51. The van der Waals surface area contributed by atoms with Crippen molar-refractivity contribution in [1.82, 2.24) is 14.8 Å². The molecule has 0 aliphatic carbocycles. The summed E-state index contributed by atoms with van der Waals surface area (Å²) in [4.78, 5) is 14.3. The zero-order chi connectivity index (χ0) is 15.9. The van der Waals surface area contributed by atoms with Gasteiger partial charge in [-0.2, -0.15) is 13.5 Å².